The molecule has 1 aliphatic rings. The lowest BCUT2D eigenvalue weighted by Gasteiger charge is -2.35. The number of rotatable bonds is 7. The fraction of sp³-hybridized carbons (Fsp3) is 0.450. The highest BCUT2D eigenvalue weighted by Gasteiger charge is 2.36. The summed E-state index contributed by atoms with van der Waals surface area (Å²) in [5, 5.41) is 2.51. The molecule has 1 fully saturated rings. The minimum Gasteiger partial charge on any atom is -0.496 e. The van der Waals surface area contributed by atoms with Gasteiger partial charge in [0.05, 0.1) is 29.5 Å². The lowest BCUT2D eigenvalue weighted by atomic mass is 10.0. The first kappa shape index (κ1) is 22.9. The molecule has 31 heavy (non-hydrogen) atoms. The van der Waals surface area contributed by atoms with Gasteiger partial charge in [-0.15, -0.1) is 0 Å². The summed E-state index contributed by atoms with van der Waals surface area (Å²) in [4.78, 5) is 21.3. The number of hydrogen-bond acceptors (Lipinski definition) is 8. The normalized spacial score (nSPS) is 15.1. The molecule has 0 aliphatic carbocycles. The molecule has 0 unspecified atom stereocenters. The predicted octanol–water partition coefficient (Wildman–Crippen LogP) is 1.73. The third-order valence-corrected chi connectivity index (χ3v) is 7.36. The van der Waals surface area contributed by atoms with Gasteiger partial charge < -0.3 is 15.8 Å². The van der Waals surface area contributed by atoms with E-state index in [-0.39, 0.29) is 34.7 Å². The molecule has 0 amide bonds. The van der Waals surface area contributed by atoms with Crippen molar-refractivity contribution in [2.45, 2.75) is 38.0 Å². The zero-order valence-corrected chi connectivity index (χ0v) is 18.4. The number of ketones is 1. The number of nitrogen functional groups attached to an aromatic ring is 1. The number of aromatic nitrogens is 2. The zero-order valence-electron chi connectivity index (χ0n) is 17.6. The minimum atomic E-state index is -3.74. The van der Waals surface area contributed by atoms with Gasteiger partial charge in [-0.1, -0.05) is 0 Å². The fourth-order valence-corrected chi connectivity index (χ4v) is 4.82. The quantitative estimate of drug-likeness (QED) is 0.610. The summed E-state index contributed by atoms with van der Waals surface area (Å²) in [5.41, 5.74) is 5.93. The van der Waals surface area contributed by atoms with E-state index in [0.29, 0.717) is 25.9 Å². The van der Waals surface area contributed by atoms with Gasteiger partial charge in [-0.2, -0.15) is 4.98 Å². The average molecular weight is 452 g/mol. The highest BCUT2D eigenvalue weighted by molar-refractivity contribution is 7.93. The number of benzene rings is 1. The summed E-state index contributed by atoms with van der Waals surface area (Å²) < 4.78 is 46.2. The Morgan fingerprint density at radius 2 is 1.97 bits per heavy atom. The zero-order chi connectivity index (χ0) is 22.8. The standard InChI is InChI=1S/C20H26FN5O4S/c1-12(2)31(28,29)26(14-6-8-23-9-7-14)20-24-11-16(19(22)25-20)18(27)15-10-13(21)4-5-17(15)30-3/h4-5,10-12,14,23H,6-9H2,1-3H3,(H2,22,24,25). The van der Waals surface area contributed by atoms with Crippen LogP contribution in [0.1, 0.15) is 42.6 Å². The Kier molecular flexibility index (Phi) is 6.75. The Morgan fingerprint density at radius 1 is 1.29 bits per heavy atom. The number of methoxy groups -OCH3 is 1. The highest BCUT2D eigenvalue weighted by atomic mass is 32.2. The maximum Gasteiger partial charge on any atom is 0.241 e. The second-order valence-corrected chi connectivity index (χ2v) is 9.88. The monoisotopic (exact) mass is 451 g/mol. The van der Waals surface area contributed by atoms with Crippen molar-refractivity contribution in [3.8, 4) is 5.75 Å². The van der Waals surface area contributed by atoms with E-state index in [1.165, 1.54) is 29.7 Å². The van der Waals surface area contributed by atoms with E-state index in [2.05, 4.69) is 15.3 Å². The van der Waals surface area contributed by atoms with E-state index in [1.54, 1.807) is 13.8 Å². The van der Waals surface area contributed by atoms with Crippen molar-refractivity contribution in [1.29, 1.82) is 0 Å². The van der Waals surface area contributed by atoms with Crippen molar-refractivity contribution in [3.63, 3.8) is 0 Å². The Hall–Kier alpha value is -2.79. The SMILES string of the molecule is COc1ccc(F)cc1C(=O)c1cnc(N(C2CCNCC2)S(=O)(=O)C(C)C)nc1N. The molecule has 3 rings (SSSR count). The number of sulfonamides is 1. The van der Waals surface area contributed by atoms with Gasteiger partial charge in [0.1, 0.15) is 17.4 Å². The van der Waals surface area contributed by atoms with Crippen LogP contribution in [-0.4, -0.2) is 55.7 Å². The summed E-state index contributed by atoms with van der Waals surface area (Å²) >= 11 is 0. The van der Waals surface area contributed by atoms with Gasteiger partial charge in [0, 0.05) is 6.20 Å². The van der Waals surface area contributed by atoms with Crippen LogP contribution < -0.4 is 20.1 Å². The number of piperidine rings is 1. The second kappa shape index (κ2) is 9.15. The number of carbonyl (C=O) groups excluding carboxylic acids is 1. The molecule has 9 nitrogen and oxygen atoms in total. The summed E-state index contributed by atoms with van der Waals surface area (Å²) in [6.45, 7) is 4.50. The van der Waals surface area contributed by atoms with Crippen LogP contribution in [0.15, 0.2) is 24.4 Å². The Morgan fingerprint density at radius 3 is 2.55 bits per heavy atom. The topological polar surface area (TPSA) is 128 Å². The van der Waals surface area contributed by atoms with Crippen LogP contribution in [0.2, 0.25) is 0 Å². The Balaban J connectivity index is 2.03. The second-order valence-electron chi connectivity index (χ2n) is 7.51. The average Bonchev–Trinajstić information content (AvgIpc) is 2.74. The molecule has 11 heteroatoms. The summed E-state index contributed by atoms with van der Waals surface area (Å²) in [6, 6.07) is 3.23. The molecule has 2 aromatic rings. The van der Waals surface area contributed by atoms with Gasteiger partial charge >= 0.3 is 0 Å². The lowest BCUT2D eigenvalue weighted by molar-refractivity contribution is 0.103. The first-order valence-electron chi connectivity index (χ1n) is 9.91. The lowest BCUT2D eigenvalue weighted by Crippen LogP contribution is -2.49. The number of ether oxygens (including phenoxy) is 1. The largest absolute Gasteiger partial charge is 0.496 e. The number of halogens is 1. The predicted molar refractivity (Wildman–Crippen MR) is 115 cm³/mol. The van der Waals surface area contributed by atoms with Crippen LogP contribution in [0.4, 0.5) is 16.2 Å². The fourth-order valence-electron chi connectivity index (χ4n) is 3.42. The van der Waals surface area contributed by atoms with Crippen molar-refractivity contribution in [3.05, 3.63) is 41.3 Å². The Labute approximate surface area is 180 Å². The summed E-state index contributed by atoms with van der Waals surface area (Å²) in [6.07, 6.45) is 2.36. The molecule has 0 radical (unpaired) electrons. The van der Waals surface area contributed by atoms with E-state index in [1.807, 2.05) is 0 Å². The molecular formula is C20H26FN5O4S. The molecule has 1 aromatic carbocycles. The van der Waals surface area contributed by atoms with Crippen LogP contribution in [0.5, 0.6) is 5.75 Å². The third kappa shape index (κ3) is 4.62. The molecule has 0 spiro atoms. The van der Waals surface area contributed by atoms with E-state index in [0.717, 1.165) is 6.07 Å². The molecule has 1 aromatic heterocycles. The molecule has 3 N–H and O–H groups in total. The maximum absolute atomic E-state index is 13.7. The van der Waals surface area contributed by atoms with Crippen molar-refractivity contribution in [1.82, 2.24) is 15.3 Å². The maximum atomic E-state index is 13.7. The number of carbonyl (C=O) groups is 1. The van der Waals surface area contributed by atoms with Gasteiger partial charge in [0.15, 0.2) is 0 Å². The number of hydrogen-bond donors (Lipinski definition) is 2. The first-order valence-corrected chi connectivity index (χ1v) is 11.4. The van der Waals surface area contributed by atoms with Crippen LogP contribution in [0, 0.1) is 5.82 Å². The summed E-state index contributed by atoms with van der Waals surface area (Å²) in [5.74, 6) is -1.34. The van der Waals surface area contributed by atoms with Crippen LogP contribution in [0.25, 0.3) is 0 Å². The van der Waals surface area contributed by atoms with Gasteiger partial charge in [-0.25, -0.2) is 22.1 Å². The molecule has 0 saturated carbocycles. The molecule has 1 saturated heterocycles. The van der Waals surface area contributed by atoms with Gasteiger partial charge in [-0.3, -0.25) is 4.79 Å². The van der Waals surface area contributed by atoms with E-state index in [9.17, 15) is 17.6 Å². The van der Waals surface area contributed by atoms with Crippen molar-refractivity contribution < 1.29 is 22.3 Å². The van der Waals surface area contributed by atoms with E-state index in [4.69, 9.17) is 10.5 Å². The third-order valence-electron chi connectivity index (χ3n) is 5.16. The molecule has 2 heterocycles. The van der Waals surface area contributed by atoms with Crippen LogP contribution in [0.3, 0.4) is 0 Å². The Bertz CT molecular complexity index is 1070. The first-order chi connectivity index (χ1) is 14.7. The number of anilines is 2. The molecule has 168 valence electrons. The van der Waals surface area contributed by atoms with E-state index < -0.39 is 26.9 Å². The van der Waals surface area contributed by atoms with Crippen LogP contribution in [-0.2, 0) is 10.0 Å². The number of nitrogens with zero attached hydrogens (tertiary/aromatic N) is 3. The molecule has 0 atom stereocenters. The van der Waals surface area contributed by atoms with Gasteiger partial charge in [0.25, 0.3) is 0 Å². The van der Waals surface area contributed by atoms with Gasteiger partial charge in [-0.05, 0) is 58.0 Å². The number of nitrogens with one attached hydrogen (secondary N) is 1. The minimum absolute atomic E-state index is 0.0319. The molecule has 0 bridgehead atoms. The highest BCUT2D eigenvalue weighted by Crippen LogP contribution is 2.28. The molecular weight excluding hydrogens is 425 g/mol. The van der Waals surface area contributed by atoms with Crippen LogP contribution >= 0.6 is 0 Å². The van der Waals surface area contributed by atoms with Crippen molar-refractivity contribution in [2.24, 2.45) is 0 Å². The van der Waals surface area contributed by atoms with Gasteiger partial charge in [0.2, 0.25) is 21.8 Å². The van der Waals surface area contributed by atoms with E-state index >= 15 is 0 Å². The molecule has 1 aliphatic heterocycles. The van der Waals surface area contributed by atoms with Crippen molar-refractivity contribution >= 4 is 27.6 Å². The smallest absolute Gasteiger partial charge is 0.241 e. The van der Waals surface area contributed by atoms with Crippen molar-refractivity contribution in [2.75, 3.05) is 30.2 Å². The number of nitrogens with two attached hydrogens (primary N) is 1. The summed E-state index contributed by atoms with van der Waals surface area (Å²) in [7, 11) is -2.38.